The van der Waals surface area contributed by atoms with E-state index < -0.39 is 5.72 Å². The van der Waals surface area contributed by atoms with Crippen LogP contribution >= 0.6 is 0 Å². The number of nitrogens with two attached hydrogens (primary N) is 1. The van der Waals surface area contributed by atoms with Crippen LogP contribution in [-0.4, -0.2) is 18.9 Å². The maximum atomic E-state index is 7.03. The number of aryl methyl sites for hydroxylation is 1. The fourth-order valence-corrected chi connectivity index (χ4v) is 4.77. The van der Waals surface area contributed by atoms with Gasteiger partial charge in [-0.25, -0.2) is 0 Å². The van der Waals surface area contributed by atoms with Crippen molar-refractivity contribution in [1.29, 1.82) is 0 Å². The van der Waals surface area contributed by atoms with Crippen LogP contribution in [0, 0.1) is 0 Å². The minimum Gasteiger partial charge on any atom is -0.491 e. The van der Waals surface area contributed by atoms with Crippen molar-refractivity contribution in [2.45, 2.75) is 63.5 Å². The Kier molecular flexibility index (Phi) is 6.56. The second kappa shape index (κ2) is 8.90. The van der Waals surface area contributed by atoms with E-state index in [9.17, 15) is 0 Å². The van der Waals surface area contributed by atoms with E-state index in [-0.39, 0.29) is 5.41 Å². The van der Waals surface area contributed by atoms with Crippen molar-refractivity contribution in [3.8, 4) is 5.75 Å². The Bertz CT molecular complexity index is 709. The van der Waals surface area contributed by atoms with Gasteiger partial charge >= 0.3 is 0 Å². The first-order valence-electron chi connectivity index (χ1n) is 10.3. The molecule has 0 heterocycles. The molecule has 0 aromatic heterocycles. The van der Waals surface area contributed by atoms with E-state index >= 15 is 0 Å². The summed E-state index contributed by atoms with van der Waals surface area (Å²) in [5.74, 6) is 0.870. The third kappa shape index (κ3) is 4.04. The van der Waals surface area contributed by atoms with Crippen molar-refractivity contribution in [3.05, 3.63) is 65.7 Å². The lowest BCUT2D eigenvalue weighted by atomic mass is 9.60. The third-order valence-electron chi connectivity index (χ3n) is 5.92. The van der Waals surface area contributed by atoms with Crippen molar-refractivity contribution >= 4 is 0 Å². The molecule has 2 N–H and O–H groups in total. The highest BCUT2D eigenvalue weighted by molar-refractivity contribution is 5.40. The average molecular weight is 368 g/mol. The van der Waals surface area contributed by atoms with E-state index in [2.05, 4.69) is 38.1 Å². The number of hydrogen-bond acceptors (Lipinski definition) is 3. The van der Waals surface area contributed by atoms with Gasteiger partial charge in [-0.1, -0.05) is 69.2 Å². The molecule has 0 fully saturated rings. The van der Waals surface area contributed by atoms with Gasteiger partial charge in [-0.3, -0.25) is 0 Å². The van der Waals surface area contributed by atoms with Crippen LogP contribution in [0.1, 0.15) is 57.1 Å². The molecule has 3 rings (SSSR count). The monoisotopic (exact) mass is 367 g/mol. The van der Waals surface area contributed by atoms with Crippen LogP contribution in [0.15, 0.2) is 54.6 Å². The number of hydrogen-bond donors (Lipinski definition) is 1. The number of ether oxygens (including phenoxy) is 2. The molecule has 1 atom stereocenters. The summed E-state index contributed by atoms with van der Waals surface area (Å²) in [6.07, 6.45) is 6.12. The van der Waals surface area contributed by atoms with Gasteiger partial charge in [0.2, 0.25) is 0 Å². The number of rotatable bonds is 9. The lowest BCUT2D eigenvalue weighted by Gasteiger charge is -2.52. The second-order valence-electron chi connectivity index (χ2n) is 7.64. The Morgan fingerprint density at radius 3 is 2.26 bits per heavy atom. The van der Waals surface area contributed by atoms with E-state index in [0.717, 1.165) is 44.3 Å². The molecule has 27 heavy (non-hydrogen) atoms. The highest BCUT2D eigenvalue weighted by Crippen LogP contribution is 2.49. The Hall–Kier alpha value is -1.84. The summed E-state index contributed by atoms with van der Waals surface area (Å²) in [6.45, 7) is 5.50. The summed E-state index contributed by atoms with van der Waals surface area (Å²) in [7, 11) is 0. The van der Waals surface area contributed by atoms with Crippen LogP contribution in [0.4, 0.5) is 0 Å². The van der Waals surface area contributed by atoms with E-state index in [0.29, 0.717) is 13.2 Å². The van der Waals surface area contributed by atoms with Gasteiger partial charge in [-0.05, 0) is 48.9 Å². The normalized spacial score (nSPS) is 20.9. The van der Waals surface area contributed by atoms with Gasteiger partial charge < -0.3 is 15.2 Å². The Morgan fingerprint density at radius 1 is 0.889 bits per heavy atom. The van der Waals surface area contributed by atoms with Crippen molar-refractivity contribution in [1.82, 2.24) is 0 Å². The molecule has 2 aromatic carbocycles. The molecular weight excluding hydrogens is 334 g/mol. The molecule has 0 saturated heterocycles. The van der Waals surface area contributed by atoms with Crippen LogP contribution in [0.3, 0.4) is 0 Å². The quantitative estimate of drug-likeness (QED) is 0.488. The first-order chi connectivity index (χ1) is 13.1. The predicted molar refractivity (Wildman–Crippen MR) is 111 cm³/mol. The molecule has 0 radical (unpaired) electrons. The highest BCUT2D eigenvalue weighted by atomic mass is 16.5. The zero-order valence-electron chi connectivity index (χ0n) is 16.7. The van der Waals surface area contributed by atoms with Crippen LogP contribution < -0.4 is 10.5 Å². The fraction of sp³-hybridized carbons (Fsp3) is 0.500. The molecule has 0 aliphatic heterocycles. The summed E-state index contributed by atoms with van der Waals surface area (Å²) < 4.78 is 12.2. The van der Waals surface area contributed by atoms with E-state index in [1.807, 2.05) is 30.3 Å². The minimum absolute atomic E-state index is 0.127. The molecule has 1 aliphatic carbocycles. The largest absolute Gasteiger partial charge is 0.491 e. The summed E-state index contributed by atoms with van der Waals surface area (Å²) in [5.41, 5.74) is 9.08. The highest BCUT2D eigenvalue weighted by Gasteiger charge is 2.52. The van der Waals surface area contributed by atoms with Gasteiger partial charge in [0.25, 0.3) is 0 Å². The van der Waals surface area contributed by atoms with Crippen molar-refractivity contribution in [3.63, 3.8) is 0 Å². The van der Waals surface area contributed by atoms with Crippen LogP contribution in [0.25, 0.3) is 0 Å². The van der Waals surface area contributed by atoms with Crippen molar-refractivity contribution in [2.75, 3.05) is 13.2 Å². The van der Waals surface area contributed by atoms with E-state index in [1.54, 1.807) is 0 Å². The number of fused-ring (bicyclic) bond motifs is 1. The summed E-state index contributed by atoms with van der Waals surface area (Å²) in [4.78, 5) is 0. The molecule has 3 nitrogen and oxygen atoms in total. The van der Waals surface area contributed by atoms with Gasteiger partial charge in [0.05, 0.1) is 6.61 Å². The van der Waals surface area contributed by atoms with E-state index in [1.165, 1.54) is 11.1 Å². The van der Waals surface area contributed by atoms with Gasteiger partial charge in [0.1, 0.15) is 18.1 Å². The third-order valence-corrected chi connectivity index (χ3v) is 5.92. The Balaban J connectivity index is 1.78. The molecule has 3 heteroatoms. The molecule has 0 spiro atoms. The lowest BCUT2D eigenvalue weighted by Crippen LogP contribution is -2.62. The maximum Gasteiger partial charge on any atom is 0.126 e. The van der Waals surface area contributed by atoms with Crippen molar-refractivity contribution < 1.29 is 9.47 Å². The zero-order valence-corrected chi connectivity index (χ0v) is 16.7. The van der Waals surface area contributed by atoms with E-state index in [4.69, 9.17) is 15.2 Å². The Morgan fingerprint density at radius 2 is 1.56 bits per heavy atom. The second-order valence-corrected chi connectivity index (χ2v) is 7.64. The Labute approximate surface area is 163 Å². The number of benzene rings is 2. The smallest absolute Gasteiger partial charge is 0.126 e. The molecule has 146 valence electrons. The maximum absolute atomic E-state index is 7.03. The topological polar surface area (TPSA) is 44.5 Å². The molecule has 1 aliphatic rings. The van der Waals surface area contributed by atoms with Gasteiger partial charge in [-0.15, -0.1) is 0 Å². The van der Waals surface area contributed by atoms with Crippen LogP contribution in [0.2, 0.25) is 0 Å². The number of para-hydroxylation sites is 1. The molecule has 0 saturated carbocycles. The summed E-state index contributed by atoms with van der Waals surface area (Å²) in [6, 6.07) is 18.7. The van der Waals surface area contributed by atoms with Gasteiger partial charge in [0, 0.05) is 5.41 Å². The zero-order chi connectivity index (χ0) is 19.2. The minimum atomic E-state index is -0.645. The average Bonchev–Trinajstić information content (AvgIpc) is 2.70. The summed E-state index contributed by atoms with van der Waals surface area (Å²) in [5, 5.41) is 0. The SMILES string of the molecule is CCCC1(CCC)c2ccccc2CCC1(N)OCCOc1ccccc1. The lowest BCUT2D eigenvalue weighted by molar-refractivity contribution is -0.122. The molecule has 0 bridgehead atoms. The molecular formula is C24H33NO2. The molecule has 0 amide bonds. The first kappa shape index (κ1) is 19.9. The van der Waals surface area contributed by atoms with Gasteiger partial charge in [0.15, 0.2) is 0 Å². The fourth-order valence-electron chi connectivity index (χ4n) is 4.77. The summed E-state index contributed by atoms with van der Waals surface area (Å²) >= 11 is 0. The standard InChI is InChI=1S/C24H33NO2/c1-3-15-23(16-4-2)22-13-9-8-10-20(22)14-17-24(23,25)27-19-18-26-21-11-6-5-7-12-21/h5-13H,3-4,14-19,25H2,1-2H3. The molecule has 1 unspecified atom stereocenters. The van der Waals surface area contributed by atoms with Crippen LogP contribution in [0.5, 0.6) is 5.75 Å². The predicted octanol–water partition coefficient (Wildman–Crippen LogP) is 5.22. The first-order valence-corrected chi connectivity index (χ1v) is 10.3. The van der Waals surface area contributed by atoms with Gasteiger partial charge in [-0.2, -0.15) is 0 Å². The van der Waals surface area contributed by atoms with Crippen molar-refractivity contribution in [2.24, 2.45) is 5.73 Å². The van der Waals surface area contributed by atoms with Crippen LogP contribution in [-0.2, 0) is 16.6 Å². The molecule has 2 aromatic rings.